The van der Waals surface area contributed by atoms with E-state index in [2.05, 4.69) is 15.9 Å². The molecule has 0 saturated heterocycles. The molecular weight excluding hydrogens is 210 g/mol. The molecule has 0 radical (unpaired) electrons. The molecule has 0 atom stereocenters. The Hall–Kier alpha value is -0.870. The first-order chi connectivity index (χ1) is 5.25. The van der Waals surface area contributed by atoms with Crippen LogP contribution in [0.25, 0.3) is 0 Å². The van der Waals surface area contributed by atoms with Crippen LogP contribution in [-0.2, 0) is 4.79 Å². The molecule has 11 heavy (non-hydrogen) atoms. The Kier molecular flexibility index (Phi) is 2.62. The van der Waals surface area contributed by atoms with Crippen molar-refractivity contribution in [1.82, 2.24) is 0 Å². The quantitative estimate of drug-likeness (QED) is 0.465. The average molecular weight is 216 g/mol. The second kappa shape index (κ2) is 3.50. The molecule has 0 saturated carbocycles. The standard InChI is InChI=1S/C7H6BrNO2/c8-6-3-1-2-4-7(6)9(11)5-10/h1-5,11H. The molecule has 0 unspecified atom stereocenters. The summed E-state index contributed by atoms with van der Waals surface area (Å²) in [4.78, 5) is 10.1. The third-order valence-electron chi connectivity index (χ3n) is 1.20. The number of carbonyl (C=O) groups excluding carboxylic acids is 1. The Morgan fingerprint density at radius 2 is 2.09 bits per heavy atom. The zero-order chi connectivity index (χ0) is 8.27. The lowest BCUT2D eigenvalue weighted by molar-refractivity contribution is -0.111. The van der Waals surface area contributed by atoms with Crippen LogP contribution in [0.15, 0.2) is 28.7 Å². The van der Waals surface area contributed by atoms with E-state index in [1.54, 1.807) is 24.3 Å². The van der Waals surface area contributed by atoms with Crippen molar-refractivity contribution in [3.8, 4) is 0 Å². The molecule has 0 aromatic heterocycles. The van der Waals surface area contributed by atoms with E-state index in [4.69, 9.17) is 5.21 Å². The number of amides is 1. The Morgan fingerprint density at radius 1 is 1.45 bits per heavy atom. The van der Waals surface area contributed by atoms with Crippen molar-refractivity contribution in [2.24, 2.45) is 0 Å². The average Bonchev–Trinajstić information content (AvgIpc) is 2.04. The fourth-order valence-electron chi connectivity index (χ4n) is 0.694. The molecule has 4 heteroatoms. The van der Waals surface area contributed by atoms with Crippen LogP contribution in [0.3, 0.4) is 0 Å². The molecule has 0 aliphatic carbocycles. The summed E-state index contributed by atoms with van der Waals surface area (Å²) in [6.07, 6.45) is 0.333. The van der Waals surface area contributed by atoms with E-state index in [1.165, 1.54) is 0 Å². The highest BCUT2D eigenvalue weighted by Crippen LogP contribution is 2.23. The molecule has 0 aliphatic heterocycles. The van der Waals surface area contributed by atoms with E-state index in [0.29, 0.717) is 21.6 Å². The van der Waals surface area contributed by atoms with Gasteiger partial charge in [-0.15, -0.1) is 0 Å². The zero-order valence-corrected chi connectivity index (χ0v) is 7.15. The van der Waals surface area contributed by atoms with Gasteiger partial charge in [0.1, 0.15) is 0 Å². The smallest absolute Gasteiger partial charge is 0.237 e. The predicted molar refractivity (Wildman–Crippen MR) is 44.5 cm³/mol. The second-order valence-corrected chi connectivity index (χ2v) is 2.76. The van der Waals surface area contributed by atoms with Crippen LogP contribution in [-0.4, -0.2) is 11.6 Å². The van der Waals surface area contributed by atoms with Crippen LogP contribution >= 0.6 is 15.9 Å². The minimum atomic E-state index is 0.333. The number of benzene rings is 1. The maximum atomic E-state index is 10.1. The normalized spacial score (nSPS) is 9.27. The number of carbonyl (C=O) groups is 1. The van der Waals surface area contributed by atoms with Gasteiger partial charge >= 0.3 is 0 Å². The van der Waals surface area contributed by atoms with Gasteiger partial charge in [-0.05, 0) is 28.1 Å². The lowest BCUT2D eigenvalue weighted by atomic mass is 10.3. The first-order valence-electron chi connectivity index (χ1n) is 2.93. The molecule has 58 valence electrons. The van der Waals surface area contributed by atoms with Crippen molar-refractivity contribution >= 4 is 28.0 Å². The topological polar surface area (TPSA) is 40.5 Å². The first-order valence-corrected chi connectivity index (χ1v) is 3.73. The maximum Gasteiger partial charge on any atom is 0.237 e. The van der Waals surface area contributed by atoms with Crippen molar-refractivity contribution in [2.75, 3.05) is 5.06 Å². The number of anilines is 1. The fraction of sp³-hybridized carbons (Fsp3) is 0. The summed E-state index contributed by atoms with van der Waals surface area (Å²) < 4.78 is 0.676. The van der Waals surface area contributed by atoms with E-state index >= 15 is 0 Å². The van der Waals surface area contributed by atoms with E-state index < -0.39 is 0 Å². The largest absolute Gasteiger partial charge is 0.281 e. The molecule has 1 aromatic rings. The van der Waals surface area contributed by atoms with Crippen LogP contribution < -0.4 is 5.06 Å². The van der Waals surface area contributed by atoms with E-state index in [-0.39, 0.29) is 0 Å². The summed E-state index contributed by atoms with van der Waals surface area (Å²) in [7, 11) is 0. The summed E-state index contributed by atoms with van der Waals surface area (Å²) in [6.45, 7) is 0. The molecule has 1 rings (SSSR count). The van der Waals surface area contributed by atoms with Crippen molar-refractivity contribution in [2.45, 2.75) is 0 Å². The number of hydrogen-bond donors (Lipinski definition) is 1. The number of para-hydroxylation sites is 1. The van der Waals surface area contributed by atoms with E-state index in [0.717, 1.165) is 0 Å². The number of hydrogen-bond acceptors (Lipinski definition) is 2. The molecule has 3 nitrogen and oxygen atoms in total. The molecule has 0 fully saturated rings. The summed E-state index contributed by atoms with van der Waals surface area (Å²) >= 11 is 3.18. The van der Waals surface area contributed by atoms with Crippen LogP contribution in [0.1, 0.15) is 0 Å². The van der Waals surface area contributed by atoms with E-state index in [1.807, 2.05) is 0 Å². The van der Waals surface area contributed by atoms with E-state index in [9.17, 15) is 4.79 Å². The highest BCUT2D eigenvalue weighted by molar-refractivity contribution is 9.10. The minimum absolute atomic E-state index is 0.333. The molecular formula is C7H6BrNO2. The Bertz CT molecular complexity index is 264. The van der Waals surface area contributed by atoms with Crippen molar-refractivity contribution < 1.29 is 10.0 Å². The number of rotatable bonds is 2. The van der Waals surface area contributed by atoms with Crippen molar-refractivity contribution in [3.63, 3.8) is 0 Å². The van der Waals surface area contributed by atoms with Gasteiger partial charge < -0.3 is 0 Å². The third kappa shape index (κ3) is 1.78. The molecule has 0 aliphatic rings. The van der Waals surface area contributed by atoms with Gasteiger partial charge in [-0.1, -0.05) is 12.1 Å². The Morgan fingerprint density at radius 3 is 2.64 bits per heavy atom. The lowest BCUT2D eigenvalue weighted by Gasteiger charge is -2.09. The third-order valence-corrected chi connectivity index (χ3v) is 1.87. The number of halogens is 1. The molecule has 1 N–H and O–H groups in total. The van der Waals surface area contributed by atoms with Gasteiger partial charge in [-0.3, -0.25) is 10.0 Å². The molecule has 0 spiro atoms. The highest BCUT2D eigenvalue weighted by atomic mass is 79.9. The van der Waals surface area contributed by atoms with Gasteiger partial charge in [0.15, 0.2) is 0 Å². The van der Waals surface area contributed by atoms with Gasteiger partial charge in [0.2, 0.25) is 6.41 Å². The van der Waals surface area contributed by atoms with Gasteiger partial charge in [0, 0.05) is 4.47 Å². The minimum Gasteiger partial charge on any atom is -0.281 e. The van der Waals surface area contributed by atoms with Crippen LogP contribution in [0, 0.1) is 0 Å². The SMILES string of the molecule is O=CN(O)c1ccccc1Br. The maximum absolute atomic E-state index is 10.1. The van der Waals surface area contributed by atoms with Gasteiger partial charge in [-0.2, -0.15) is 5.06 Å². The van der Waals surface area contributed by atoms with Crippen LogP contribution in [0.4, 0.5) is 5.69 Å². The van der Waals surface area contributed by atoms with Crippen LogP contribution in [0.2, 0.25) is 0 Å². The zero-order valence-electron chi connectivity index (χ0n) is 5.57. The first kappa shape index (κ1) is 8.23. The summed E-state index contributed by atoms with van der Waals surface area (Å²) in [5.41, 5.74) is 0.433. The molecule has 1 amide bonds. The van der Waals surface area contributed by atoms with Gasteiger partial charge in [0.05, 0.1) is 5.69 Å². The number of hydroxylamine groups is 1. The van der Waals surface area contributed by atoms with Crippen molar-refractivity contribution in [3.05, 3.63) is 28.7 Å². The Balaban J connectivity index is 3.02. The van der Waals surface area contributed by atoms with Crippen molar-refractivity contribution in [1.29, 1.82) is 0 Å². The molecule has 0 bridgehead atoms. The summed E-state index contributed by atoms with van der Waals surface area (Å²) in [5.74, 6) is 0. The van der Waals surface area contributed by atoms with Crippen LogP contribution in [0.5, 0.6) is 0 Å². The second-order valence-electron chi connectivity index (χ2n) is 1.90. The predicted octanol–water partition coefficient (Wildman–Crippen LogP) is 1.80. The van der Waals surface area contributed by atoms with Gasteiger partial charge in [0.25, 0.3) is 0 Å². The van der Waals surface area contributed by atoms with Gasteiger partial charge in [-0.25, -0.2) is 0 Å². The molecule has 0 heterocycles. The lowest BCUT2D eigenvalue weighted by Crippen LogP contribution is -2.14. The monoisotopic (exact) mass is 215 g/mol. The fourth-order valence-corrected chi connectivity index (χ4v) is 1.16. The Labute approximate surface area is 72.3 Å². The number of nitrogens with zero attached hydrogens (tertiary/aromatic N) is 1. The molecule has 1 aromatic carbocycles. The summed E-state index contributed by atoms with van der Waals surface area (Å²) in [6, 6.07) is 6.89. The highest BCUT2D eigenvalue weighted by Gasteiger charge is 2.03. The summed E-state index contributed by atoms with van der Waals surface area (Å²) in [5, 5.41) is 9.46.